The van der Waals surface area contributed by atoms with Gasteiger partial charge in [0.05, 0.1) is 29.9 Å². The van der Waals surface area contributed by atoms with Gasteiger partial charge in [-0.2, -0.15) is 5.10 Å². The molecule has 7 nitrogen and oxygen atoms in total. The highest BCUT2D eigenvalue weighted by molar-refractivity contribution is 6.06. The highest BCUT2D eigenvalue weighted by Crippen LogP contribution is 2.31. The second-order valence-electron chi connectivity index (χ2n) is 8.38. The Hall–Kier alpha value is -3.09. The van der Waals surface area contributed by atoms with E-state index in [9.17, 15) is 4.79 Å². The number of carbonyl (C=O) groups is 1. The second-order valence-corrected chi connectivity index (χ2v) is 8.38. The number of nitrogens with one attached hydrogen (secondary N) is 2. The zero-order valence-corrected chi connectivity index (χ0v) is 18.5. The van der Waals surface area contributed by atoms with Crippen molar-refractivity contribution in [2.24, 2.45) is 5.92 Å². The van der Waals surface area contributed by atoms with Crippen molar-refractivity contribution in [3.63, 3.8) is 0 Å². The summed E-state index contributed by atoms with van der Waals surface area (Å²) in [6.45, 7) is 5.53. The van der Waals surface area contributed by atoms with Crippen molar-refractivity contribution in [1.29, 1.82) is 0 Å². The lowest BCUT2D eigenvalue weighted by Crippen LogP contribution is -2.28. The first-order valence-corrected chi connectivity index (χ1v) is 11.1. The number of benzene rings is 1. The van der Waals surface area contributed by atoms with Crippen molar-refractivity contribution in [1.82, 2.24) is 20.1 Å². The molecule has 1 aliphatic carbocycles. The minimum atomic E-state index is -0.138. The van der Waals surface area contributed by atoms with Crippen LogP contribution in [-0.2, 0) is 13.1 Å². The first-order chi connectivity index (χ1) is 15.1. The quantitative estimate of drug-likeness (QED) is 0.592. The van der Waals surface area contributed by atoms with E-state index in [1.807, 2.05) is 42.1 Å². The Morgan fingerprint density at radius 3 is 2.58 bits per heavy atom. The molecule has 3 aromatic rings. The van der Waals surface area contributed by atoms with Gasteiger partial charge in [0.2, 0.25) is 0 Å². The van der Waals surface area contributed by atoms with Gasteiger partial charge in [-0.1, -0.05) is 19.1 Å². The van der Waals surface area contributed by atoms with Crippen LogP contribution in [-0.4, -0.2) is 33.8 Å². The first kappa shape index (κ1) is 21.2. The fraction of sp³-hybridized carbons (Fsp3) is 0.458. The molecule has 0 unspecified atom stereocenters. The van der Waals surface area contributed by atoms with Gasteiger partial charge in [0.25, 0.3) is 5.91 Å². The van der Waals surface area contributed by atoms with Crippen LogP contribution in [0.15, 0.2) is 36.7 Å². The lowest BCUT2D eigenvalue weighted by atomic mass is 9.87. The molecule has 0 atom stereocenters. The van der Waals surface area contributed by atoms with Gasteiger partial charge in [-0.3, -0.25) is 4.79 Å². The van der Waals surface area contributed by atoms with Crippen molar-refractivity contribution in [2.75, 3.05) is 12.4 Å². The number of rotatable bonds is 7. The Kier molecular flexibility index (Phi) is 6.39. The van der Waals surface area contributed by atoms with Crippen LogP contribution < -0.4 is 15.4 Å². The predicted molar refractivity (Wildman–Crippen MR) is 122 cm³/mol. The highest BCUT2D eigenvalue weighted by atomic mass is 16.5. The summed E-state index contributed by atoms with van der Waals surface area (Å²) >= 11 is 0. The third-order valence-electron chi connectivity index (χ3n) is 6.19. The molecular formula is C24H31N5O2. The maximum absolute atomic E-state index is 13.1. The molecule has 2 N–H and O–H groups in total. The summed E-state index contributed by atoms with van der Waals surface area (Å²) in [7, 11) is 1.64. The standard InChI is InChI=1S/C24H31N5O2/c1-4-29-23-20(15-27-29)22(28-18-9-5-16(2)6-10-18)21(14-25-23)24(30)26-13-17-7-11-19(31-3)12-8-17/h7-8,11-12,14-16,18H,4-6,9-10,13H2,1-3H3,(H,25,28)(H,26,30). The SMILES string of the molecule is CCn1ncc2c(NC3CCC(C)CC3)c(C(=O)NCc3ccc(OC)cc3)cnc21. The Balaban J connectivity index is 1.58. The highest BCUT2D eigenvalue weighted by Gasteiger charge is 2.23. The van der Waals surface area contributed by atoms with E-state index in [1.165, 1.54) is 12.8 Å². The number of anilines is 1. The van der Waals surface area contributed by atoms with Crippen molar-refractivity contribution in [2.45, 2.75) is 58.7 Å². The number of carbonyl (C=O) groups excluding carboxylic acids is 1. The molecule has 4 rings (SSSR count). The van der Waals surface area contributed by atoms with Crippen LogP contribution in [0, 0.1) is 5.92 Å². The average Bonchev–Trinajstić information content (AvgIpc) is 3.23. The molecule has 0 aliphatic heterocycles. The van der Waals surface area contributed by atoms with Crippen molar-refractivity contribution in [3.8, 4) is 5.75 Å². The Labute approximate surface area is 183 Å². The second kappa shape index (κ2) is 9.37. The Bertz CT molecular complexity index is 1040. The molecule has 164 valence electrons. The number of hydrogen-bond acceptors (Lipinski definition) is 5. The van der Waals surface area contributed by atoms with Crippen molar-refractivity contribution in [3.05, 3.63) is 47.8 Å². The van der Waals surface area contributed by atoms with Crippen LogP contribution in [0.4, 0.5) is 5.69 Å². The van der Waals surface area contributed by atoms with Gasteiger partial charge in [-0.05, 0) is 56.2 Å². The molecule has 0 saturated heterocycles. The maximum Gasteiger partial charge on any atom is 0.255 e. The number of hydrogen-bond donors (Lipinski definition) is 2. The van der Waals surface area contributed by atoms with Gasteiger partial charge < -0.3 is 15.4 Å². The molecule has 1 aromatic carbocycles. The molecule has 7 heteroatoms. The first-order valence-electron chi connectivity index (χ1n) is 11.1. The van der Waals surface area contributed by atoms with Crippen LogP contribution in [0.1, 0.15) is 55.5 Å². The van der Waals surface area contributed by atoms with Crippen LogP contribution in [0.2, 0.25) is 0 Å². The largest absolute Gasteiger partial charge is 0.497 e. The topological polar surface area (TPSA) is 81.1 Å². The number of fused-ring (bicyclic) bond motifs is 1. The number of aromatic nitrogens is 3. The summed E-state index contributed by atoms with van der Waals surface area (Å²) in [5.41, 5.74) is 3.23. The third kappa shape index (κ3) is 4.65. The normalized spacial score (nSPS) is 18.7. The fourth-order valence-corrected chi connectivity index (χ4v) is 4.22. The Morgan fingerprint density at radius 2 is 1.90 bits per heavy atom. The minimum absolute atomic E-state index is 0.138. The van der Waals surface area contributed by atoms with E-state index in [2.05, 4.69) is 27.6 Å². The van der Waals surface area contributed by atoms with Gasteiger partial charge in [-0.25, -0.2) is 9.67 Å². The number of methoxy groups -OCH3 is 1. The fourth-order valence-electron chi connectivity index (χ4n) is 4.22. The zero-order chi connectivity index (χ0) is 21.8. The predicted octanol–water partition coefficient (Wildman–Crippen LogP) is 4.38. The maximum atomic E-state index is 13.1. The lowest BCUT2D eigenvalue weighted by Gasteiger charge is -2.28. The van der Waals surface area contributed by atoms with Crippen LogP contribution in [0.25, 0.3) is 11.0 Å². The van der Waals surface area contributed by atoms with Gasteiger partial charge in [0, 0.05) is 25.3 Å². The smallest absolute Gasteiger partial charge is 0.255 e. The van der Waals surface area contributed by atoms with Gasteiger partial charge in [0.15, 0.2) is 5.65 Å². The molecule has 1 aliphatic rings. The summed E-state index contributed by atoms with van der Waals surface area (Å²) in [5.74, 6) is 1.43. The minimum Gasteiger partial charge on any atom is -0.497 e. The number of amides is 1. The zero-order valence-electron chi connectivity index (χ0n) is 18.5. The summed E-state index contributed by atoms with van der Waals surface area (Å²) in [6.07, 6.45) is 8.13. The van der Waals surface area contributed by atoms with Crippen molar-refractivity contribution < 1.29 is 9.53 Å². The number of nitrogens with zero attached hydrogens (tertiary/aromatic N) is 3. The number of pyridine rings is 1. The van der Waals surface area contributed by atoms with Crippen molar-refractivity contribution >= 4 is 22.6 Å². The van der Waals surface area contributed by atoms with E-state index >= 15 is 0 Å². The van der Waals surface area contributed by atoms with Crippen LogP contribution >= 0.6 is 0 Å². The molecule has 1 saturated carbocycles. The van der Waals surface area contributed by atoms with Crippen LogP contribution in [0.3, 0.4) is 0 Å². The van der Waals surface area contributed by atoms with E-state index in [4.69, 9.17) is 4.74 Å². The molecule has 0 spiro atoms. The van der Waals surface area contributed by atoms with E-state index in [0.717, 1.165) is 53.3 Å². The molecule has 1 amide bonds. The van der Waals surface area contributed by atoms with Gasteiger partial charge in [0.1, 0.15) is 5.75 Å². The molecule has 0 radical (unpaired) electrons. The summed E-state index contributed by atoms with van der Waals surface area (Å²) < 4.78 is 7.06. The van der Waals surface area contributed by atoms with E-state index < -0.39 is 0 Å². The van der Waals surface area contributed by atoms with Crippen LogP contribution in [0.5, 0.6) is 5.75 Å². The van der Waals surface area contributed by atoms with E-state index in [-0.39, 0.29) is 5.91 Å². The molecular weight excluding hydrogens is 390 g/mol. The van der Waals surface area contributed by atoms with Gasteiger partial charge >= 0.3 is 0 Å². The molecule has 2 heterocycles. The third-order valence-corrected chi connectivity index (χ3v) is 6.19. The molecule has 0 bridgehead atoms. The summed E-state index contributed by atoms with van der Waals surface area (Å²) in [6, 6.07) is 8.05. The van der Waals surface area contributed by atoms with E-state index in [1.54, 1.807) is 13.3 Å². The number of ether oxygens (including phenoxy) is 1. The number of aryl methyl sites for hydroxylation is 1. The molecule has 31 heavy (non-hydrogen) atoms. The molecule has 1 fully saturated rings. The monoisotopic (exact) mass is 421 g/mol. The van der Waals surface area contributed by atoms with Gasteiger partial charge in [-0.15, -0.1) is 0 Å². The lowest BCUT2D eigenvalue weighted by molar-refractivity contribution is 0.0951. The summed E-state index contributed by atoms with van der Waals surface area (Å²) in [4.78, 5) is 17.7. The average molecular weight is 422 g/mol. The molecule has 2 aromatic heterocycles. The summed E-state index contributed by atoms with van der Waals surface area (Å²) in [5, 5.41) is 12.1. The van der Waals surface area contributed by atoms with E-state index in [0.29, 0.717) is 18.2 Å². The Morgan fingerprint density at radius 1 is 1.16 bits per heavy atom.